The average molecular weight is 308 g/mol. The fourth-order valence-corrected chi connectivity index (χ4v) is 3.63. The highest BCUT2D eigenvalue weighted by molar-refractivity contribution is 6.33. The predicted octanol–water partition coefficient (Wildman–Crippen LogP) is 3.32. The van der Waals surface area contributed by atoms with Gasteiger partial charge in [0.05, 0.1) is 10.7 Å². The molecule has 2 aliphatic rings. The second kappa shape index (κ2) is 5.85. The zero-order valence-corrected chi connectivity index (χ0v) is 13.3. The molecule has 2 unspecified atom stereocenters. The summed E-state index contributed by atoms with van der Waals surface area (Å²) in [6, 6.07) is 4.19. The third-order valence-electron chi connectivity index (χ3n) is 4.47. The molecule has 1 saturated heterocycles. The molecular formula is C16H22ClN3O. The first-order chi connectivity index (χ1) is 10.1. The van der Waals surface area contributed by atoms with Gasteiger partial charge in [0.15, 0.2) is 0 Å². The Balaban J connectivity index is 1.95. The lowest BCUT2D eigenvalue weighted by Gasteiger charge is -2.36. The van der Waals surface area contributed by atoms with E-state index in [0.717, 1.165) is 35.1 Å². The number of piperidine rings is 1. The fraction of sp³-hybridized carbons (Fsp3) is 0.562. The van der Waals surface area contributed by atoms with E-state index in [1.807, 2.05) is 19.1 Å². The standard InChI is InChI=1S/C16H22ClN3O/c1-3-18-15-11-8-12(17)14(9-13(11)19-16(15)21)20-7-5-4-6-10(20)2/h8-10,15,18H,3-7H2,1-2H3,(H,19,21). The summed E-state index contributed by atoms with van der Waals surface area (Å²) in [5.74, 6) is 0.00626. The average Bonchev–Trinajstić information content (AvgIpc) is 2.75. The number of nitrogens with zero attached hydrogens (tertiary/aromatic N) is 1. The van der Waals surface area contributed by atoms with Crippen LogP contribution in [0.2, 0.25) is 5.02 Å². The Bertz CT molecular complexity index is 561. The number of rotatable bonds is 3. The third kappa shape index (κ3) is 2.62. The minimum Gasteiger partial charge on any atom is -0.368 e. The molecule has 2 atom stereocenters. The molecule has 1 aromatic carbocycles. The minimum atomic E-state index is -0.282. The van der Waals surface area contributed by atoms with Crippen molar-refractivity contribution in [2.75, 3.05) is 23.3 Å². The van der Waals surface area contributed by atoms with E-state index in [4.69, 9.17) is 11.6 Å². The van der Waals surface area contributed by atoms with Crippen molar-refractivity contribution in [2.45, 2.75) is 45.2 Å². The Kier molecular flexibility index (Phi) is 4.09. The van der Waals surface area contributed by atoms with Crippen molar-refractivity contribution >= 4 is 28.9 Å². The van der Waals surface area contributed by atoms with Crippen LogP contribution in [0.3, 0.4) is 0 Å². The highest BCUT2D eigenvalue weighted by Gasteiger charge is 2.32. The summed E-state index contributed by atoms with van der Waals surface area (Å²) in [7, 11) is 0. The minimum absolute atomic E-state index is 0.00626. The Morgan fingerprint density at radius 2 is 2.24 bits per heavy atom. The Labute approximate surface area is 130 Å². The van der Waals surface area contributed by atoms with E-state index in [1.165, 1.54) is 19.3 Å². The summed E-state index contributed by atoms with van der Waals surface area (Å²) in [4.78, 5) is 14.4. The molecule has 0 radical (unpaired) electrons. The maximum Gasteiger partial charge on any atom is 0.246 e. The van der Waals surface area contributed by atoms with E-state index in [0.29, 0.717) is 6.04 Å². The second-order valence-electron chi connectivity index (χ2n) is 5.91. The molecule has 21 heavy (non-hydrogen) atoms. The number of anilines is 2. The lowest BCUT2D eigenvalue weighted by molar-refractivity contribution is -0.117. The third-order valence-corrected chi connectivity index (χ3v) is 4.77. The summed E-state index contributed by atoms with van der Waals surface area (Å²) in [5.41, 5.74) is 2.89. The van der Waals surface area contributed by atoms with E-state index >= 15 is 0 Å². The number of fused-ring (bicyclic) bond motifs is 1. The second-order valence-corrected chi connectivity index (χ2v) is 6.32. The summed E-state index contributed by atoms with van der Waals surface area (Å²) >= 11 is 6.51. The Hall–Kier alpha value is -1.26. The van der Waals surface area contributed by atoms with E-state index < -0.39 is 0 Å². The monoisotopic (exact) mass is 307 g/mol. The molecule has 1 fully saturated rings. The lowest BCUT2D eigenvalue weighted by Crippen LogP contribution is -2.37. The first kappa shape index (κ1) is 14.7. The van der Waals surface area contributed by atoms with Gasteiger partial charge < -0.3 is 15.5 Å². The summed E-state index contributed by atoms with van der Waals surface area (Å²) in [6.07, 6.45) is 3.67. The zero-order chi connectivity index (χ0) is 15.0. The number of nitrogens with one attached hydrogen (secondary N) is 2. The molecule has 0 bridgehead atoms. The van der Waals surface area contributed by atoms with Crippen molar-refractivity contribution in [3.8, 4) is 0 Å². The van der Waals surface area contributed by atoms with Gasteiger partial charge in [-0.2, -0.15) is 0 Å². The normalized spacial score (nSPS) is 24.9. The quantitative estimate of drug-likeness (QED) is 0.900. The van der Waals surface area contributed by atoms with E-state index in [1.54, 1.807) is 0 Å². The number of likely N-dealkylation sites (N-methyl/N-ethyl adjacent to an activating group) is 1. The highest BCUT2D eigenvalue weighted by Crippen LogP contribution is 2.40. The molecule has 5 heteroatoms. The maximum atomic E-state index is 12.1. The van der Waals surface area contributed by atoms with Gasteiger partial charge in [-0.25, -0.2) is 0 Å². The van der Waals surface area contributed by atoms with Crippen molar-refractivity contribution in [1.82, 2.24) is 5.32 Å². The molecule has 2 heterocycles. The molecule has 1 aromatic rings. The smallest absolute Gasteiger partial charge is 0.246 e. The van der Waals surface area contributed by atoms with Crippen molar-refractivity contribution in [3.63, 3.8) is 0 Å². The first-order valence-electron chi connectivity index (χ1n) is 7.76. The van der Waals surface area contributed by atoms with Gasteiger partial charge in [-0.15, -0.1) is 0 Å². The van der Waals surface area contributed by atoms with Gasteiger partial charge in [0, 0.05) is 23.8 Å². The van der Waals surface area contributed by atoms with Crippen LogP contribution < -0.4 is 15.5 Å². The van der Waals surface area contributed by atoms with Crippen LogP contribution in [0.1, 0.15) is 44.7 Å². The molecule has 0 aromatic heterocycles. The van der Waals surface area contributed by atoms with Crippen LogP contribution in [0.15, 0.2) is 12.1 Å². The SMILES string of the molecule is CCNC1C(=O)Nc2cc(N3CCCCC3C)c(Cl)cc21. The lowest BCUT2D eigenvalue weighted by atomic mass is 10.0. The van der Waals surface area contributed by atoms with Crippen LogP contribution in [-0.4, -0.2) is 25.0 Å². The predicted molar refractivity (Wildman–Crippen MR) is 87.2 cm³/mol. The van der Waals surface area contributed by atoms with Crippen LogP contribution in [0.5, 0.6) is 0 Å². The summed E-state index contributed by atoms with van der Waals surface area (Å²) < 4.78 is 0. The molecule has 4 nitrogen and oxygen atoms in total. The highest BCUT2D eigenvalue weighted by atomic mass is 35.5. The molecule has 114 valence electrons. The number of halogens is 1. The number of hydrogen-bond donors (Lipinski definition) is 2. The van der Waals surface area contributed by atoms with Gasteiger partial charge in [-0.1, -0.05) is 18.5 Å². The molecule has 2 N–H and O–H groups in total. The topological polar surface area (TPSA) is 44.4 Å². The molecule has 0 spiro atoms. The molecule has 1 amide bonds. The number of carbonyl (C=O) groups is 1. The van der Waals surface area contributed by atoms with Crippen molar-refractivity contribution in [3.05, 3.63) is 22.7 Å². The number of hydrogen-bond acceptors (Lipinski definition) is 3. The van der Waals surface area contributed by atoms with Gasteiger partial charge in [-0.05, 0) is 44.9 Å². The fourth-order valence-electron chi connectivity index (χ4n) is 3.35. The van der Waals surface area contributed by atoms with Gasteiger partial charge in [-0.3, -0.25) is 4.79 Å². The number of benzene rings is 1. The van der Waals surface area contributed by atoms with Gasteiger partial charge in [0.2, 0.25) is 5.91 Å². The molecule has 2 aliphatic heterocycles. The van der Waals surface area contributed by atoms with Crippen molar-refractivity contribution in [2.24, 2.45) is 0 Å². The molecule has 0 aliphatic carbocycles. The zero-order valence-electron chi connectivity index (χ0n) is 12.6. The van der Waals surface area contributed by atoms with Gasteiger partial charge in [0.1, 0.15) is 6.04 Å². The number of carbonyl (C=O) groups excluding carboxylic acids is 1. The molecule has 0 saturated carbocycles. The van der Waals surface area contributed by atoms with E-state index in [-0.39, 0.29) is 11.9 Å². The van der Waals surface area contributed by atoms with Gasteiger partial charge in [0.25, 0.3) is 0 Å². The number of amides is 1. The van der Waals surface area contributed by atoms with Crippen molar-refractivity contribution < 1.29 is 4.79 Å². The maximum absolute atomic E-state index is 12.1. The van der Waals surface area contributed by atoms with Crippen molar-refractivity contribution in [1.29, 1.82) is 0 Å². The molecular weight excluding hydrogens is 286 g/mol. The van der Waals surface area contributed by atoms with Crippen LogP contribution in [0, 0.1) is 0 Å². The van der Waals surface area contributed by atoms with Crippen LogP contribution >= 0.6 is 11.6 Å². The van der Waals surface area contributed by atoms with Crippen LogP contribution in [0.4, 0.5) is 11.4 Å². The van der Waals surface area contributed by atoms with Gasteiger partial charge >= 0.3 is 0 Å². The van der Waals surface area contributed by atoms with Crippen LogP contribution in [0.25, 0.3) is 0 Å². The summed E-state index contributed by atoms with van der Waals surface area (Å²) in [5, 5.41) is 6.91. The van der Waals surface area contributed by atoms with Crippen LogP contribution in [-0.2, 0) is 4.79 Å². The Morgan fingerprint density at radius 1 is 1.43 bits per heavy atom. The van der Waals surface area contributed by atoms with E-state index in [9.17, 15) is 4.79 Å². The summed E-state index contributed by atoms with van der Waals surface area (Å²) in [6.45, 7) is 6.02. The first-order valence-corrected chi connectivity index (χ1v) is 8.14. The Morgan fingerprint density at radius 3 is 2.95 bits per heavy atom. The largest absolute Gasteiger partial charge is 0.368 e. The van der Waals surface area contributed by atoms with E-state index in [2.05, 4.69) is 22.5 Å². The molecule has 3 rings (SSSR count).